The highest BCUT2D eigenvalue weighted by atomic mass is 16.5. The maximum Gasteiger partial charge on any atom is 0.327 e. The van der Waals surface area contributed by atoms with Crippen LogP contribution in [0.1, 0.15) is 5.56 Å². The zero-order valence-corrected chi connectivity index (χ0v) is 14.4. The van der Waals surface area contributed by atoms with Crippen molar-refractivity contribution in [3.63, 3.8) is 0 Å². The third-order valence-electron chi connectivity index (χ3n) is 4.08. The van der Waals surface area contributed by atoms with Crippen LogP contribution in [0.2, 0.25) is 0 Å². The summed E-state index contributed by atoms with van der Waals surface area (Å²) in [7, 11) is 1.63. The predicted octanol–water partition coefficient (Wildman–Crippen LogP) is 1.42. The standard InChI is InChI=1S/C18H16N6O3/c1-27-13-4-2-3-11(7-13)8-19-14-6-5-12(9-20-14)24-10-21-15-16(24)22-18(26)23-17(15)25/h2-7,9-10H,8H2,1H3,(H,19,20)(H2,22,23,25,26). The van der Waals surface area contributed by atoms with Crippen LogP contribution in [-0.4, -0.2) is 31.6 Å². The van der Waals surface area contributed by atoms with Gasteiger partial charge in [-0.05, 0) is 29.8 Å². The highest BCUT2D eigenvalue weighted by Crippen LogP contribution is 2.16. The van der Waals surface area contributed by atoms with Crippen LogP contribution in [0, 0.1) is 0 Å². The minimum Gasteiger partial charge on any atom is -0.497 e. The monoisotopic (exact) mass is 364 g/mol. The van der Waals surface area contributed by atoms with E-state index in [1.54, 1.807) is 17.9 Å². The first-order valence-corrected chi connectivity index (χ1v) is 8.17. The van der Waals surface area contributed by atoms with Gasteiger partial charge >= 0.3 is 5.69 Å². The van der Waals surface area contributed by atoms with Crippen molar-refractivity contribution < 1.29 is 4.74 Å². The number of pyridine rings is 1. The molecule has 0 spiro atoms. The van der Waals surface area contributed by atoms with E-state index < -0.39 is 11.2 Å². The van der Waals surface area contributed by atoms with Gasteiger partial charge in [0.05, 0.1) is 19.0 Å². The molecule has 4 aromatic rings. The van der Waals surface area contributed by atoms with Gasteiger partial charge in [-0.1, -0.05) is 12.1 Å². The number of nitrogens with one attached hydrogen (secondary N) is 3. The predicted molar refractivity (Wildman–Crippen MR) is 100 cm³/mol. The first kappa shape index (κ1) is 16.6. The van der Waals surface area contributed by atoms with Gasteiger partial charge in [0, 0.05) is 6.54 Å². The molecule has 27 heavy (non-hydrogen) atoms. The lowest BCUT2D eigenvalue weighted by Crippen LogP contribution is -2.22. The normalized spacial score (nSPS) is 10.9. The molecule has 3 aromatic heterocycles. The lowest BCUT2D eigenvalue weighted by molar-refractivity contribution is 0.414. The number of rotatable bonds is 5. The van der Waals surface area contributed by atoms with Gasteiger partial charge in [-0.15, -0.1) is 0 Å². The molecule has 0 saturated heterocycles. The van der Waals surface area contributed by atoms with Crippen LogP contribution in [0.5, 0.6) is 5.75 Å². The topological polar surface area (TPSA) is 118 Å². The largest absolute Gasteiger partial charge is 0.497 e. The number of aromatic amines is 2. The van der Waals surface area contributed by atoms with E-state index in [-0.39, 0.29) is 5.52 Å². The zero-order valence-electron chi connectivity index (χ0n) is 14.4. The third-order valence-corrected chi connectivity index (χ3v) is 4.08. The van der Waals surface area contributed by atoms with Crippen LogP contribution in [0.25, 0.3) is 16.9 Å². The van der Waals surface area contributed by atoms with Crippen LogP contribution in [0.3, 0.4) is 0 Å². The Morgan fingerprint density at radius 1 is 1.15 bits per heavy atom. The van der Waals surface area contributed by atoms with Gasteiger partial charge in [-0.25, -0.2) is 14.8 Å². The highest BCUT2D eigenvalue weighted by molar-refractivity contribution is 5.71. The van der Waals surface area contributed by atoms with E-state index in [4.69, 9.17) is 4.74 Å². The average molecular weight is 364 g/mol. The van der Waals surface area contributed by atoms with Crippen molar-refractivity contribution in [2.45, 2.75) is 6.54 Å². The lowest BCUT2D eigenvalue weighted by atomic mass is 10.2. The second-order valence-electron chi connectivity index (χ2n) is 5.83. The van der Waals surface area contributed by atoms with E-state index in [1.807, 2.05) is 36.4 Å². The summed E-state index contributed by atoms with van der Waals surface area (Å²) in [6.07, 6.45) is 3.10. The molecule has 0 atom stereocenters. The number of hydrogen-bond donors (Lipinski definition) is 3. The Balaban J connectivity index is 1.56. The van der Waals surface area contributed by atoms with E-state index in [9.17, 15) is 9.59 Å². The molecule has 0 amide bonds. The fraction of sp³-hybridized carbons (Fsp3) is 0.111. The summed E-state index contributed by atoms with van der Waals surface area (Å²) in [5.74, 6) is 1.49. The second kappa shape index (κ2) is 6.79. The Morgan fingerprint density at radius 2 is 2.04 bits per heavy atom. The van der Waals surface area contributed by atoms with Gasteiger partial charge in [0.2, 0.25) is 0 Å². The molecule has 0 saturated carbocycles. The Hall–Kier alpha value is -3.88. The molecule has 0 fully saturated rings. The Kier molecular flexibility index (Phi) is 4.17. The minimum atomic E-state index is -0.584. The summed E-state index contributed by atoms with van der Waals surface area (Å²) in [6, 6.07) is 11.4. The summed E-state index contributed by atoms with van der Waals surface area (Å²) >= 11 is 0. The van der Waals surface area contributed by atoms with E-state index in [0.717, 1.165) is 11.3 Å². The van der Waals surface area contributed by atoms with Crippen molar-refractivity contribution in [3.8, 4) is 11.4 Å². The SMILES string of the molecule is COc1cccc(CNc2ccc(-n3cnc4c(=O)[nH]c(=O)[nH]c43)cn2)c1. The number of benzene rings is 1. The lowest BCUT2D eigenvalue weighted by Gasteiger charge is -2.08. The van der Waals surface area contributed by atoms with Crippen LogP contribution in [0.15, 0.2) is 58.5 Å². The molecule has 0 aliphatic rings. The maximum atomic E-state index is 11.8. The summed E-state index contributed by atoms with van der Waals surface area (Å²) in [6.45, 7) is 0.597. The first-order valence-electron chi connectivity index (χ1n) is 8.17. The molecule has 136 valence electrons. The average Bonchev–Trinajstić information content (AvgIpc) is 3.11. The molecular formula is C18H16N6O3. The Morgan fingerprint density at radius 3 is 2.81 bits per heavy atom. The van der Waals surface area contributed by atoms with E-state index >= 15 is 0 Å². The number of anilines is 1. The molecule has 1 aromatic carbocycles. The van der Waals surface area contributed by atoms with Crippen LogP contribution in [-0.2, 0) is 6.54 Å². The molecule has 9 heteroatoms. The van der Waals surface area contributed by atoms with E-state index in [0.29, 0.717) is 23.7 Å². The highest BCUT2D eigenvalue weighted by Gasteiger charge is 2.09. The number of fused-ring (bicyclic) bond motifs is 1. The second-order valence-corrected chi connectivity index (χ2v) is 5.83. The van der Waals surface area contributed by atoms with Gasteiger partial charge in [-0.2, -0.15) is 0 Å². The molecule has 0 bridgehead atoms. The van der Waals surface area contributed by atoms with Gasteiger partial charge in [0.15, 0.2) is 11.2 Å². The number of imidazole rings is 1. The minimum absolute atomic E-state index is 0.162. The number of H-pyrrole nitrogens is 2. The van der Waals surface area contributed by atoms with Gasteiger partial charge < -0.3 is 10.1 Å². The number of methoxy groups -OCH3 is 1. The van der Waals surface area contributed by atoms with Crippen molar-refractivity contribution >= 4 is 17.0 Å². The number of aromatic nitrogens is 5. The molecule has 3 heterocycles. The van der Waals surface area contributed by atoms with Crippen molar-refractivity contribution in [1.29, 1.82) is 0 Å². The maximum absolute atomic E-state index is 11.8. The summed E-state index contributed by atoms with van der Waals surface area (Å²) in [5, 5.41) is 3.24. The smallest absolute Gasteiger partial charge is 0.327 e. The zero-order chi connectivity index (χ0) is 18.8. The van der Waals surface area contributed by atoms with Crippen molar-refractivity contribution in [2.24, 2.45) is 0 Å². The molecule has 0 unspecified atom stereocenters. The molecule has 4 rings (SSSR count). The van der Waals surface area contributed by atoms with Crippen LogP contribution in [0.4, 0.5) is 5.82 Å². The molecule has 0 aliphatic heterocycles. The van der Waals surface area contributed by atoms with Crippen molar-refractivity contribution in [3.05, 3.63) is 75.3 Å². The summed E-state index contributed by atoms with van der Waals surface area (Å²) < 4.78 is 6.82. The fourth-order valence-electron chi connectivity index (χ4n) is 2.74. The Bertz CT molecular complexity index is 1210. The van der Waals surface area contributed by atoms with Gasteiger partial charge in [-0.3, -0.25) is 19.3 Å². The number of ether oxygens (including phenoxy) is 1. The summed E-state index contributed by atoms with van der Waals surface area (Å²) in [5.41, 5.74) is 1.11. The number of nitrogens with zero attached hydrogens (tertiary/aromatic N) is 3. The Labute approximate surface area is 152 Å². The van der Waals surface area contributed by atoms with Crippen LogP contribution < -0.4 is 21.3 Å². The first-order chi connectivity index (χ1) is 13.1. The molecule has 0 aliphatic carbocycles. The summed E-state index contributed by atoms with van der Waals surface area (Å²) in [4.78, 5) is 36.5. The van der Waals surface area contributed by atoms with E-state index in [2.05, 4.69) is 25.3 Å². The third kappa shape index (κ3) is 3.30. The number of hydrogen-bond acceptors (Lipinski definition) is 6. The van der Waals surface area contributed by atoms with Crippen LogP contribution >= 0.6 is 0 Å². The fourth-order valence-corrected chi connectivity index (χ4v) is 2.74. The molecule has 9 nitrogen and oxygen atoms in total. The molecular weight excluding hydrogens is 348 g/mol. The van der Waals surface area contributed by atoms with Gasteiger partial charge in [0.1, 0.15) is 17.9 Å². The quantitative estimate of drug-likeness (QED) is 0.493. The van der Waals surface area contributed by atoms with Crippen molar-refractivity contribution in [2.75, 3.05) is 12.4 Å². The molecule has 0 radical (unpaired) electrons. The van der Waals surface area contributed by atoms with Crippen molar-refractivity contribution in [1.82, 2.24) is 24.5 Å². The van der Waals surface area contributed by atoms with Gasteiger partial charge in [0.25, 0.3) is 5.56 Å². The van der Waals surface area contributed by atoms with E-state index in [1.165, 1.54) is 6.33 Å². The molecule has 3 N–H and O–H groups in total.